The molecule has 3 N–H and O–H groups in total. The summed E-state index contributed by atoms with van der Waals surface area (Å²) in [6, 6.07) is 5.93. The summed E-state index contributed by atoms with van der Waals surface area (Å²) in [6.07, 6.45) is 3.47. The Morgan fingerprint density at radius 1 is 1.33 bits per heavy atom. The van der Waals surface area contributed by atoms with E-state index in [4.69, 9.17) is 10.5 Å². The molecule has 18 heavy (non-hydrogen) atoms. The first-order valence-electron chi connectivity index (χ1n) is 6.43. The van der Waals surface area contributed by atoms with Crippen molar-refractivity contribution in [3.63, 3.8) is 0 Å². The number of nitrogens with one attached hydrogen (secondary N) is 1. The Balaban J connectivity index is 1.63. The van der Waals surface area contributed by atoms with E-state index in [9.17, 15) is 4.79 Å². The predicted octanol–water partition coefficient (Wildman–Crippen LogP) is 1.93. The van der Waals surface area contributed by atoms with Gasteiger partial charge in [-0.2, -0.15) is 0 Å². The molecular weight excluding hydrogens is 228 g/mol. The molecule has 1 saturated carbocycles. The number of amides is 1. The topological polar surface area (TPSA) is 64.4 Å². The summed E-state index contributed by atoms with van der Waals surface area (Å²) < 4.78 is 5.35. The molecule has 1 aliphatic carbocycles. The lowest BCUT2D eigenvalue weighted by molar-refractivity contribution is -0.118. The second-order valence-corrected chi connectivity index (χ2v) is 5.42. The number of carbonyl (C=O) groups is 1. The van der Waals surface area contributed by atoms with Gasteiger partial charge in [-0.25, -0.2) is 0 Å². The van der Waals surface area contributed by atoms with Gasteiger partial charge in [0.15, 0.2) is 0 Å². The number of carbonyl (C=O) groups excluding carboxylic acids is 1. The van der Waals surface area contributed by atoms with Crippen LogP contribution in [0.25, 0.3) is 0 Å². The van der Waals surface area contributed by atoms with E-state index in [1.54, 1.807) is 0 Å². The zero-order chi connectivity index (χ0) is 12.6. The van der Waals surface area contributed by atoms with Gasteiger partial charge in [-0.3, -0.25) is 4.79 Å². The zero-order valence-corrected chi connectivity index (χ0v) is 10.4. The van der Waals surface area contributed by atoms with Crippen molar-refractivity contribution in [1.82, 2.24) is 0 Å². The maximum Gasteiger partial charge on any atom is 0.226 e. The van der Waals surface area contributed by atoms with Crippen molar-refractivity contribution in [3.05, 3.63) is 29.3 Å². The number of benzene rings is 1. The third kappa shape index (κ3) is 2.26. The van der Waals surface area contributed by atoms with Crippen LogP contribution in [0.2, 0.25) is 0 Å². The van der Waals surface area contributed by atoms with Gasteiger partial charge in [0.1, 0.15) is 0 Å². The Morgan fingerprint density at radius 2 is 2.11 bits per heavy atom. The summed E-state index contributed by atoms with van der Waals surface area (Å²) in [5.41, 5.74) is 9.02. The van der Waals surface area contributed by atoms with Crippen molar-refractivity contribution in [1.29, 1.82) is 0 Å². The Hall–Kier alpha value is -1.39. The zero-order valence-electron chi connectivity index (χ0n) is 10.4. The minimum absolute atomic E-state index is 0.0102. The van der Waals surface area contributed by atoms with E-state index in [0.717, 1.165) is 24.9 Å². The van der Waals surface area contributed by atoms with Crippen LogP contribution in [0.3, 0.4) is 0 Å². The average Bonchev–Trinajstić information content (AvgIpc) is 2.74. The summed E-state index contributed by atoms with van der Waals surface area (Å²) in [4.78, 5) is 11.9. The molecule has 4 nitrogen and oxygen atoms in total. The van der Waals surface area contributed by atoms with Gasteiger partial charge in [0, 0.05) is 17.6 Å². The number of hydrogen-bond acceptors (Lipinski definition) is 3. The molecule has 0 bridgehead atoms. The molecule has 3 rings (SSSR count). The number of nitrogens with two attached hydrogens (primary N) is 1. The number of ether oxygens (including phenoxy) is 1. The Bertz CT molecular complexity index is 481. The highest BCUT2D eigenvalue weighted by Crippen LogP contribution is 2.32. The third-order valence-corrected chi connectivity index (χ3v) is 3.87. The van der Waals surface area contributed by atoms with Crippen LogP contribution < -0.4 is 11.1 Å². The number of anilines is 1. The standard InChI is InChI=1S/C14H18N2O2/c15-14(4-1-5-14)7-13(17)16-12-3-2-10-8-18-9-11(10)6-12/h2-3,6H,1,4-5,7-9,15H2,(H,16,17). The largest absolute Gasteiger partial charge is 0.372 e. The van der Waals surface area contributed by atoms with Crippen LogP contribution in [0.15, 0.2) is 18.2 Å². The van der Waals surface area contributed by atoms with E-state index in [-0.39, 0.29) is 11.4 Å². The van der Waals surface area contributed by atoms with Crippen LogP contribution in [-0.2, 0) is 22.7 Å². The molecule has 0 aromatic heterocycles. The lowest BCUT2D eigenvalue weighted by Crippen LogP contribution is -2.48. The lowest BCUT2D eigenvalue weighted by Gasteiger charge is -2.37. The molecule has 0 atom stereocenters. The molecule has 96 valence electrons. The van der Waals surface area contributed by atoms with E-state index in [2.05, 4.69) is 5.32 Å². The number of fused-ring (bicyclic) bond motifs is 1. The average molecular weight is 246 g/mol. The van der Waals surface area contributed by atoms with Gasteiger partial charge >= 0.3 is 0 Å². The van der Waals surface area contributed by atoms with Gasteiger partial charge in [-0.05, 0) is 42.5 Å². The normalized spacial score (nSPS) is 20.1. The first kappa shape index (κ1) is 11.7. The summed E-state index contributed by atoms with van der Waals surface area (Å²) in [5, 5.41) is 2.92. The SMILES string of the molecule is NC1(CC(=O)Nc2ccc3c(c2)COC3)CCC1. The molecule has 0 saturated heterocycles. The second kappa shape index (κ2) is 4.37. The number of hydrogen-bond donors (Lipinski definition) is 2. The number of rotatable bonds is 3. The quantitative estimate of drug-likeness (QED) is 0.856. The van der Waals surface area contributed by atoms with Crippen molar-refractivity contribution >= 4 is 11.6 Å². The summed E-state index contributed by atoms with van der Waals surface area (Å²) >= 11 is 0. The van der Waals surface area contributed by atoms with Crippen molar-refractivity contribution in [3.8, 4) is 0 Å². The highest BCUT2D eigenvalue weighted by molar-refractivity contribution is 5.91. The van der Waals surface area contributed by atoms with Gasteiger partial charge < -0.3 is 15.8 Å². The summed E-state index contributed by atoms with van der Waals surface area (Å²) in [7, 11) is 0. The fourth-order valence-electron chi connectivity index (χ4n) is 2.58. The molecular formula is C14H18N2O2. The van der Waals surface area contributed by atoms with Gasteiger partial charge in [-0.15, -0.1) is 0 Å². The van der Waals surface area contributed by atoms with Crippen LogP contribution >= 0.6 is 0 Å². The molecule has 1 aromatic carbocycles. The molecule has 4 heteroatoms. The molecule has 1 fully saturated rings. The van der Waals surface area contributed by atoms with E-state index in [1.807, 2.05) is 18.2 Å². The Morgan fingerprint density at radius 3 is 2.83 bits per heavy atom. The second-order valence-electron chi connectivity index (χ2n) is 5.42. The predicted molar refractivity (Wildman–Crippen MR) is 69.0 cm³/mol. The first-order chi connectivity index (χ1) is 8.65. The van der Waals surface area contributed by atoms with Crippen molar-refractivity contribution in [2.45, 2.75) is 44.4 Å². The van der Waals surface area contributed by atoms with Crippen molar-refractivity contribution in [2.24, 2.45) is 5.73 Å². The van der Waals surface area contributed by atoms with Gasteiger partial charge in [-0.1, -0.05) is 6.07 Å². The monoisotopic (exact) mass is 246 g/mol. The molecule has 0 radical (unpaired) electrons. The van der Waals surface area contributed by atoms with E-state index >= 15 is 0 Å². The smallest absolute Gasteiger partial charge is 0.226 e. The first-order valence-corrected chi connectivity index (χ1v) is 6.43. The van der Waals surface area contributed by atoms with Gasteiger partial charge in [0.2, 0.25) is 5.91 Å². The van der Waals surface area contributed by atoms with E-state index in [1.165, 1.54) is 11.1 Å². The third-order valence-electron chi connectivity index (χ3n) is 3.87. The molecule has 1 heterocycles. The van der Waals surface area contributed by atoms with Gasteiger partial charge in [0.05, 0.1) is 13.2 Å². The molecule has 1 aliphatic heterocycles. The van der Waals surface area contributed by atoms with Gasteiger partial charge in [0.25, 0.3) is 0 Å². The highest BCUT2D eigenvalue weighted by atomic mass is 16.5. The Labute approximate surface area is 107 Å². The van der Waals surface area contributed by atoms with Crippen molar-refractivity contribution in [2.75, 3.05) is 5.32 Å². The highest BCUT2D eigenvalue weighted by Gasteiger charge is 2.34. The van der Waals surface area contributed by atoms with Crippen LogP contribution in [0.4, 0.5) is 5.69 Å². The maximum absolute atomic E-state index is 11.9. The van der Waals surface area contributed by atoms with Crippen LogP contribution in [0.1, 0.15) is 36.8 Å². The summed E-state index contributed by atoms with van der Waals surface area (Å²) in [5.74, 6) is 0.0102. The minimum Gasteiger partial charge on any atom is -0.372 e. The molecule has 1 aromatic rings. The fourth-order valence-corrected chi connectivity index (χ4v) is 2.58. The minimum atomic E-state index is -0.260. The molecule has 0 spiro atoms. The fraction of sp³-hybridized carbons (Fsp3) is 0.500. The maximum atomic E-state index is 11.9. The van der Waals surface area contributed by atoms with Crippen LogP contribution in [0.5, 0.6) is 0 Å². The molecule has 1 amide bonds. The molecule has 0 unspecified atom stereocenters. The Kier molecular flexibility index (Phi) is 2.84. The van der Waals surface area contributed by atoms with Crippen molar-refractivity contribution < 1.29 is 9.53 Å². The molecule has 2 aliphatic rings. The van der Waals surface area contributed by atoms with E-state index in [0.29, 0.717) is 19.6 Å². The summed E-state index contributed by atoms with van der Waals surface area (Å²) in [6.45, 7) is 1.31. The van der Waals surface area contributed by atoms with E-state index < -0.39 is 0 Å². The van der Waals surface area contributed by atoms with Crippen LogP contribution in [0, 0.1) is 0 Å². The van der Waals surface area contributed by atoms with Crippen LogP contribution in [-0.4, -0.2) is 11.4 Å². The lowest BCUT2D eigenvalue weighted by atomic mass is 9.75.